The summed E-state index contributed by atoms with van der Waals surface area (Å²) >= 11 is 0. The molecule has 0 atom stereocenters. The van der Waals surface area contributed by atoms with Crippen LogP contribution in [0.15, 0.2) is 29.8 Å². The summed E-state index contributed by atoms with van der Waals surface area (Å²) in [7, 11) is 0. The number of carbonyl (C=O) groups excluding carboxylic acids is 2. The van der Waals surface area contributed by atoms with Gasteiger partial charge in [0.05, 0.1) is 6.54 Å². The SMILES string of the molecule is O=C1C(=O)N(C2CCCCC2)C/C1=C\c1ccc(O)cc1. The van der Waals surface area contributed by atoms with Gasteiger partial charge in [0.25, 0.3) is 5.91 Å². The third-order valence-corrected chi connectivity index (χ3v) is 4.34. The van der Waals surface area contributed by atoms with Crippen LogP contribution in [-0.2, 0) is 9.59 Å². The monoisotopic (exact) mass is 285 g/mol. The Labute approximate surface area is 124 Å². The van der Waals surface area contributed by atoms with Crippen molar-refractivity contribution < 1.29 is 14.7 Å². The Morgan fingerprint density at radius 2 is 1.71 bits per heavy atom. The van der Waals surface area contributed by atoms with E-state index in [0.29, 0.717) is 12.1 Å². The number of hydrogen-bond donors (Lipinski definition) is 1. The molecule has 3 rings (SSSR count). The molecular weight excluding hydrogens is 266 g/mol. The van der Waals surface area contributed by atoms with Gasteiger partial charge in [-0.1, -0.05) is 31.4 Å². The van der Waals surface area contributed by atoms with Gasteiger partial charge >= 0.3 is 0 Å². The van der Waals surface area contributed by atoms with Crippen LogP contribution < -0.4 is 0 Å². The third kappa shape index (κ3) is 2.84. The van der Waals surface area contributed by atoms with Gasteiger partial charge in [0.2, 0.25) is 5.78 Å². The minimum atomic E-state index is -0.381. The van der Waals surface area contributed by atoms with Crippen molar-refractivity contribution in [2.45, 2.75) is 38.1 Å². The Balaban J connectivity index is 1.79. The maximum absolute atomic E-state index is 12.2. The summed E-state index contributed by atoms with van der Waals surface area (Å²) in [6.45, 7) is 0.420. The standard InChI is InChI=1S/C17H19NO3/c19-15-8-6-12(7-9-15)10-13-11-18(17(21)16(13)20)14-4-2-1-3-5-14/h6-10,14,19H,1-5,11H2/b13-10+. The molecule has 1 saturated carbocycles. The highest BCUT2D eigenvalue weighted by Gasteiger charge is 2.38. The Hall–Kier alpha value is -2.10. The average molecular weight is 285 g/mol. The minimum absolute atomic E-state index is 0.190. The van der Waals surface area contributed by atoms with Crippen molar-refractivity contribution in [3.8, 4) is 5.75 Å². The number of rotatable bonds is 2. The first kappa shape index (κ1) is 13.9. The van der Waals surface area contributed by atoms with Gasteiger partial charge < -0.3 is 10.0 Å². The van der Waals surface area contributed by atoms with Crippen molar-refractivity contribution in [3.63, 3.8) is 0 Å². The molecular formula is C17H19NO3. The van der Waals surface area contributed by atoms with Gasteiger partial charge in [0.1, 0.15) is 5.75 Å². The second kappa shape index (κ2) is 5.72. The summed E-state index contributed by atoms with van der Waals surface area (Å²) in [4.78, 5) is 26.0. The Morgan fingerprint density at radius 3 is 2.38 bits per heavy atom. The normalized spacial score (nSPS) is 22.3. The number of aromatic hydroxyl groups is 1. The average Bonchev–Trinajstić information content (AvgIpc) is 2.79. The molecule has 110 valence electrons. The number of phenolic OH excluding ortho intramolecular Hbond substituents is 1. The fourth-order valence-corrected chi connectivity index (χ4v) is 3.17. The van der Waals surface area contributed by atoms with Crippen LogP contribution in [-0.4, -0.2) is 34.3 Å². The molecule has 0 unspecified atom stereocenters. The van der Waals surface area contributed by atoms with Gasteiger partial charge in [-0.15, -0.1) is 0 Å². The molecule has 1 saturated heterocycles. The zero-order valence-electron chi connectivity index (χ0n) is 11.9. The Morgan fingerprint density at radius 1 is 1.05 bits per heavy atom. The van der Waals surface area contributed by atoms with E-state index in [2.05, 4.69) is 0 Å². The third-order valence-electron chi connectivity index (χ3n) is 4.34. The lowest BCUT2D eigenvalue weighted by Crippen LogP contribution is -2.38. The smallest absolute Gasteiger partial charge is 0.295 e. The van der Waals surface area contributed by atoms with Crippen molar-refractivity contribution in [1.29, 1.82) is 0 Å². The molecule has 1 amide bonds. The summed E-state index contributed by atoms with van der Waals surface area (Å²) in [6, 6.07) is 6.85. The molecule has 1 aromatic rings. The van der Waals surface area contributed by atoms with Crippen molar-refractivity contribution in [3.05, 3.63) is 35.4 Å². The van der Waals surface area contributed by atoms with Gasteiger partial charge in [0.15, 0.2) is 0 Å². The summed E-state index contributed by atoms with van der Waals surface area (Å²) in [5.74, 6) is -0.546. The van der Waals surface area contributed by atoms with E-state index in [1.807, 2.05) is 0 Å². The van der Waals surface area contributed by atoms with E-state index in [0.717, 1.165) is 31.2 Å². The first-order valence-electron chi connectivity index (χ1n) is 7.50. The van der Waals surface area contributed by atoms with Crippen LogP contribution in [0.1, 0.15) is 37.7 Å². The Kier molecular flexibility index (Phi) is 3.78. The lowest BCUT2D eigenvalue weighted by Gasteiger charge is -2.30. The number of benzene rings is 1. The molecule has 1 aromatic carbocycles. The topological polar surface area (TPSA) is 57.6 Å². The summed E-state index contributed by atoms with van der Waals surface area (Å²) in [5.41, 5.74) is 1.38. The predicted molar refractivity (Wildman–Crippen MR) is 79.7 cm³/mol. The van der Waals surface area contributed by atoms with Crippen LogP contribution in [0.5, 0.6) is 5.75 Å². The molecule has 4 nitrogen and oxygen atoms in total. The van der Waals surface area contributed by atoms with Gasteiger partial charge in [0, 0.05) is 11.6 Å². The van der Waals surface area contributed by atoms with Crippen LogP contribution in [0.3, 0.4) is 0 Å². The number of amides is 1. The molecule has 0 radical (unpaired) electrons. The van der Waals surface area contributed by atoms with Gasteiger partial charge in [-0.25, -0.2) is 0 Å². The minimum Gasteiger partial charge on any atom is -0.508 e. The number of Topliss-reactive ketones (excluding diaryl/α,β-unsaturated/α-hetero) is 1. The zero-order chi connectivity index (χ0) is 14.8. The molecule has 1 aliphatic heterocycles. The van der Waals surface area contributed by atoms with E-state index in [1.165, 1.54) is 6.42 Å². The van der Waals surface area contributed by atoms with Crippen molar-refractivity contribution in [2.75, 3.05) is 6.54 Å². The van der Waals surface area contributed by atoms with E-state index >= 15 is 0 Å². The van der Waals surface area contributed by atoms with Crippen LogP contribution >= 0.6 is 0 Å². The van der Waals surface area contributed by atoms with Gasteiger partial charge in [-0.3, -0.25) is 9.59 Å². The number of hydrogen-bond acceptors (Lipinski definition) is 3. The van der Waals surface area contributed by atoms with Crippen molar-refractivity contribution in [2.24, 2.45) is 0 Å². The number of nitrogens with zero attached hydrogens (tertiary/aromatic N) is 1. The summed E-state index contributed by atoms with van der Waals surface area (Å²) < 4.78 is 0. The van der Waals surface area contributed by atoms with Crippen LogP contribution in [0.4, 0.5) is 0 Å². The number of likely N-dealkylation sites (tertiary alicyclic amines) is 1. The second-order valence-corrected chi connectivity index (χ2v) is 5.82. The predicted octanol–water partition coefficient (Wildman–Crippen LogP) is 2.52. The van der Waals surface area contributed by atoms with Crippen LogP contribution in [0.2, 0.25) is 0 Å². The maximum atomic E-state index is 12.2. The van der Waals surface area contributed by atoms with Crippen LogP contribution in [0.25, 0.3) is 6.08 Å². The highest BCUT2D eigenvalue weighted by molar-refractivity contribution is 6.46. The molecule has 4 heteroatoms. The molecule has 0 aromatic heterocycles. The summed E-state index contributed by atoms with van der Waals surface area (Å²) in [5, 5.41) is 9.27. The number of ketones is 1. The number of carbonyl (C=O) groups is 2. The molecule has 2 aliphatic rings. The lowest BCUT2D eigenvalue weighted by atomic mass is 9.94. The molecule has 21 heavy (non-hydrogen) atoms. The maximum Gasteiger partial charge on any atom is 0.295 e. The molecule has 1 aliphatic carbocycles. The lowest BCUT2D eigenvalue weighted by molar-refractivity contribution is -0.140. The van der Waals surface area contributed by atoms with Crippen LogP contribution in [0, 0.1) is 0 Å². The second-order valence-electron chi connectivity index (χ2n) is 5.82. The molecule has 0 spiro atoms. The number of phenols is 1. The first-order chi connectivity index (χ1) is 10.1. The zero-order valence-corrected chi connectivity index (χ0v) is 11.9. The van der Waals surface area contributed by atoms with Gasteiger partial charge in [-0.05, 0) is 36.6 Å². The quantitative estimate of drug-likeness (QED) is 0.671. The van der Waals surface area contributed by atoms with E-state index in [4.69, 9.17) is 0 Å². The summed E-state index contributed by atoms with van der Waals surface area (Å²) in [6.07, 6.45) is 7.27. The van der Waals surface area contributed by atoms with E-state index in [-0.39, 0.29) is 23.5 Å². The highest BCUT2D eigenvalue weighted by Crippen LogP contribution is 2.27. The highest BCUT2D eigenvalue weighted by atomic mass is 16.3. The molecule has 2 fully saturated rings. The molecule has 1 heterocycles. The van der Waals surface area contributed by atoms with Gasteiger partial charge in [-0.2, -0.15) is 0 Å². The molecule has 1 N–H and O–H groups in total. The van der Waals surface area contributed by atoms with E-state index in [1.54, 1.807) is 35.2 Å². The first-order valence-corrected chi connectivity index (χ1v) is 7.50. The fourth-order valence-electron chi connectivity index (χ4n) is 3.17. The molecule has 0 bridgehead atoms. The van der Waals surface area contributed by atoms with E-state index in [9.17, 15) is 14.7 Å². The van der Waals surface area contributed by atoms with Crippen molar-refractivity contribution >= 4 is 17.8 Å². The largest absolute Gasteiger partial charge is 0.508 e. The fraction of sp³-hybridized carbons (Fsp3) is 0.412. The van der Waals surface area contributed by atoms with Crippen molar-refractivity contribution in [1.82, 2.24) is 4.90 Å². The van der Waals surface area contributed by atoms with E-state index < -0.39 is 0 Å². The Bertz CT molecular complexity index is 583.